The molecule has 2 aromatic rings. The number of carbonyl (C=O) groups is 1. The van der Waals surface area contributed by atoms with Crippen molar-refractivity contribution in [3.8, 4) is 0 Å². The number of halogens is 1. The Labute approximate surface area is 124 Å². The number of carbonyl (C=O) groups excluding carboxylic acids is 1. The van der Waals surface area contributed by atoms with E-state index in [9.17, 15) is 9.18 Å². The summed E-state index contributed by atoms with van der Waals surface area (Å²) in [6.07, 6.45) is 0.268. The Balaban J connectivity index is 1.96. The number of hydrogen-bond donors (Lipinski definition) is 2. The number of nitrogens with two attached hydrogens (primary N) is 1. The molecule has 0 saturated carbocycles. The van der Waals surface area contributed by atoms with Crippen molar-refractivity contribution in [3.63, 3.8) is 0 Å². The van der Waals surface area contributed by atoms with E-state index >= 15 is 0 Å². The molecule has 0 heterocycles. The van der Waals surface area contributed by atoms with Crippen molar-refractivity contribution in [1.29, 1.82) is 0 Å². The highest BCUT2D eigenvalue weighted by atomic mass is 19.1. The Morgan fingerprint density at radius 1 is 1.14 bits per heavy atom. The molecule has 1 unspecified atom stereocenters. The molecule has 2 aromatic carbocycles. The van der Waals surface area contributed by atoms with Crippen molar-refractivity contribution in [2.75, 3.05) is 0 Å². The van der Waals surface area contributed by atoms with Gasteiger partial charge in [0, 0.05) is 12.1 Å². The summed E-state index contributed by atoms with van der Waals surface area (Å²) in [6, 6.07) is 13.7. The second-order valence-electron chi connectivity index (χ2n) is 5.01. The lowest BCUT2D eigenvalue weighted by Crippen LogP contribution is -2.28. The summed E-state index contributed by atoms with van der Waals surface area (Å²) in [5, 5.41) is 2.81. The van der Waals surface area contributed by atoms with E-state index in [0.717, 1.165) is 11.1 Å². The van der Waals surface area contributed by atoms with Gasteiger partial charge in [0.15, 0.2) is 0 Å². The molecule has 3 nitrogen and oxygen atoms in total. The number of rotatable bonds is 5. The molecule has 0 aliphatic rings. The second kappa shape index (κ2) is 6.99. The van der Waals surface area contributed by atoms with E-state index in [-0.39, 0.29) is 24.2 Å². The normalized spacial score (nSPS) is 12.0. The smallest absolute Gasteiger partial charge is 0.224 e. The molecule has 0 aromatic heterocycles. The highest BCUT2D eigenvalue weighted by Crippen LogP contribution is 2.16. The van der Waals surface area contributed by atoms with Gasteiger partial charge in [-0.05, 0) is 24.1 Å². The predicted octanol–water partition coefficient (Wildman–Crippen LogP) is 2.70. The molecule has 0 bridgehead atoms. The first-order chi connectivity index (χ1) is 10.1. The van der Waals surface area contributed by atoms with Crippen LogP contribution in [0.5, 0.6) is 0 Å². The first kappa shape index (κ1) is 15.2. The maximum Gasteiger partial charge on any atom is 0.224 e. The molecule has 0 aliphatic heterocycles. The van der Waals surface area contributed by atoms with Crippen molar-refractivity contribution < 1.29 is 9.18 Å². The summed E-state index contributed by atoms with van der Waals surface area (Å²) in [4.78, 5) is 12.0. The van der Waals surface area contributed by atoms with E-state index in [1.165, 1.54) is 6.07 Å². The highest BCUT2D eigenvalue weighted by Gasteiger charge is 2.13. The number of nitrogens with one attached hydrogen (secondary N) is 1. The lowest BCUT2D eigenvalue weighted by atomic mass is 10.1. The third-order valence-corrected chi connectivity index (χ3v) is 3.37. The third kappa shape index (κ3) is 4.13. The Morgan fingerprint density at radius 2 is 1.76 bits per heavy atom. The molecule has 1 amide bonds. The summed E-state index contributed by atoms with van der Waals surface area (Å²) in [6.45, 7) is 2.25. The number of benzene rings is 2. The summed E-state index contributed by atoms with van der Waals surface area (Å²) in [5.41, 5.74) is 7.96. The molecule has 21 heavy (non-hydrogen) atoms. The Hall–Kier alpha value is -2.20. The van der Waals surface area contributed by atoms with E-state index in [2.05, 4.69) is 5.32 Å². The van der Waals surface area contributed by atoms with Crippen molar-refractivity contribution in [2.45, 2.75) is 25.9 Å². The monoisotopic (exact) mass is 286 g/mol. The van der Waals surface area contributed by atoms with Gasteiger partial charge in [-0.25, -0.2) is 4.39 Å². The van der Waals surface area contributed by atoms with Crippen LogP contribution in [0.4, 0.5) is 4.39 Å². The van der Waals surface area contributed by atoms with E-state index in [1.54, 1.807) is 25.1 Å². The zero-order chi connectivity index (χ0) is 15.2. The number of amides is 1. The second-order valence-corrected chi connectivity index (χ2v) is 5.01. The Bertz CT molecular complexity index is 610. The molecule has 0 spiro atoms. The molecule has 0 saturated heterocycles. The van der Waals surface area contributed by atoms with Crippen LogP contribution in [0.25, 0.3) is 0 Å². The van der Waals surface area contributed by atoms with Gasteiger partial charge in [-0.2, -0.15) is 0 Å². The SMILES string of the molecule is CC(NC(=O)Cc1ccc(CN)cc1)c1ccccc1F. The minimum atomic E-state index is -0.359. The van der Waals surface area contributed by atoms with Gasteiger partial charge in [-0.3, -0.25) is 4.79 Å². The fraction of sp³-hybridized carbons (Fsp3) is 0.235. The van der Waals surface area contributed by atoms with Gasteiger partial charge in [-0.1, -0.05) is 42.5 Å². The topological polar surface area (TPSA) is 55.1 Å². The van der Waals surface area contributed by atoms with Crippen LogP contribution in [0, 0.1) is 5.82 Å². The van der Waals surface area contributed by atoms with Gasteiger partial charge in [-0.15, -0.1) is 0 Å². The van der Waals surface area contributed by atoms with Crippen LogP contribution in [-0.2, 0) is 17.8 Å². The molecule has 110 valence electrons. The highest BCUT2D eigenvalue weighted by molar-refractivity contribution is 5.79. The van der Waals surface area contributed by atoms with Crippen LogP contribution >= 0.6 is 0 Å². The fourth-order valence-corrected chi connectivity index (χ4v) is 2.18. The van der Waals surface area contributed by atoms with Gasteiger partial charge in [0.2, 0.25) is 5.91 Å². The van der Waals surface area contributed by atoms with Crippen molar-refractivity contribution in [2.24, 2.45) is 5.73 Å². The van der Waals surface area contributed by atoms with E-state index in [1.807, 2.05) is 24.3 Å². The van der Waals surface area contributed by atoms with E-state index < -0.39 is 0 Å². The van der Waals surface area contributed by atoms with Crippen LogP contribution in [0.1, 0.15) is 29.7 Å². The predicted molar refractivity (Wildman–Crippen MR) is 81.0 cm³/mol. The summed E-state index contributed by atoms with van der Waals surface area (Å²) >= 11 is 0. The van der Waals surface area contributed by atoms with Gasteiger partial charge < -0.3 is 11.1 Å². The third-order valence-electron chi connectivity index (χ3n) is 3.37. The fourth-order valence-electron chi connectivity index (χ4n) is 2.18. The standard InChI is InChI=1S/C17H19FN2O/c1-12(15-4-2-3-5-16(15)18)20-17(21)10-13-6-8-14(11-19)9-7-13/h2-9,12H,10-11,19H2,1H3,(H,20,21). The molecule has 0 aliphatic carbocycles. The first-order valence-corrected chi connectivity index (χ1v) is 6.92. The van der Waals surface area contributed by atoms with Crippen LogP contribution in [0.2, 0.25) is 0 Å². The van der Waals surface area contributed by atoms with Crippen LogP contribution in [0.15, 0.2) is 48.5 Å². The molecular weight excluding hydrogens is 267 g/mol. The largest absolute Gasteiger partial charge is 0.349 e. The lowest BCUT2D eigenvalue weighted by Gasteiger charge is -2.15. The molecule has 0 fully saturated rings. The Kier molecular flexibility index (Phi) is 5.06. The Morgan fingerprint density at radius 3 is 2.38 bits per heavy atom. The zero-order valence-corrected chi connectivity index (χ0v) is 12.0. The van der Waals surface area contributed by atoms with Crippen LogP contribution < -0.4 is 11.1 Å². The van der Waals surface area contributed by atoms with Gasteiger partial charge in [0.1, 0.15) is 5.82 Å². The lowest BCUT2D eigenvalue weighted by molar-refractivity contribution is -0.121. The van der Waals surface area contributed by atoms with Gasteiger partial charge >= 0.3 is 0 Å². The van der Waals surface area contributed by atoms with E-state index in [4.69, 9.17) is 5.73 Å². The van der Waals surface area contributed by atoms with Crippen molar-refractivity contribution in [3.05, 3.63) is 71.0 Å². The first-order valence-electron chi connectivity index (χ1n) is 6.92. The van der Waals surface area contributed by atoms with Crippen LogP contribution in [0.3, 0.4) is 0 Å². The molecular formula is C17H19FN2O. The zero-order valence-electron chi connectivity index (χ0n) is 12.0. The van der Waals surface area contributed by atoms with Crippen molar-refractivity contribution >= 4 is 5.91 Å². The molecule has 2 rings (SSSR count). The van der Waals surface area contributed by atoms with Gasteiger partial charge in [0.25, 0.3) is 0 Å². The summed E-state index contributed by atoms with van der Waals surface area (Å²) in [5.74, 6) is -0.441. The molecule has 0 radical (unpaired) electrons. The minimum Gasteiger partial charge on any atom is -0.349 e. The molecule has 4 heteroatoms. The van der Waals surface area contributed by atoms with E-state index in [0.29, 0.717) is 12.1 Å². The average molecular weight is 286 g/mol. The minimum absolute atomic E-state index is 0.133. The van der Waals surface area contributed by atoms with Gasteiger partial charge in [0.05, 0.1) is 12.5 Å². The number of hydrogen-bond acceptors (Lipinski definition) is 2. The molecule has 1 atom stereocenters. The quantitative estimate of drug-likeness (QED) is 0.888. The molecule has 3 N–H and O–H groups in total. The summed E-state index contributed by atoms with van der Waals surface area (Å²) in [7, 11) is 0. The van der Waals surface area contributed by atoms with Crippen LogP contribution in [-0.4, -0.2) is 5.91 Å². The summed E-state index contributed by atoms with van der Waals surface area (Å²) < 4.78 is 13.6. The van der Waals surface area contributed by atoms with Crippen molar-refractivity contribution in [1.82, 2.24) is 5.32 Å². The maximum atomic E-state index is 13.6. The average Bonchev–Trinajstić information content (AvgIpc) is 2.48. The maximum absolute atomic E-state index is 13.6.